The van der Waals surface area contributed by atoms with Gasteiger partial charge in [-0.3, -0.25) is 14.2 Å². The van der Waals surface area contributed by atoms with Crippen molar-refractivity contribution in [2.45, 2.75) is 9.99 Å². The Labute approximate surface area is 204 Å². The van der Waals surface area contributed by atoms with E-state index >= 15 is 0 Å². The van der Waals surface area contributed by atoms with E-state index in [4.69, 9.17) is 27.6 Å². The minimum atomic E-state index is -4.25. The molecule has 34 heavy (non-hydrogen) atoms. The molecule has 0 unspecified atom stereocenters. The van der Waals surface area contributed by atoms with Crippen LogP contribution in [0.4, 0.5) is 11.4 Å². The predicted molar refractivity (Wildman–Crippen MR) is 127 cm³/mol. The van der Waals surface area contributed by atoms with E-state index in [0.29, 0.717) is 11.0 Å². The van der Waals surface area contributed by atoms with Gasteiger partial charge in [-0.2, -0.15) is 8.42 Å². The van der Waals surface area contributed by atoms with Crippen LogP contribution in [-0.4, -0.2) is 23.3 Å². The molecule has 9 nitrogen and oxygen atoms in total. The van der Waals surface area contributed by atoms with Crippen LogP contribution in [0, 0.1) is 0 Å². The van der Waals surface area contributed by atoms with E-state index in [2.05, 4.69) is 14.2 Å². The summed E-state index contributed by atoms with van der Waals surface area (Å²) in [6, 6.07) is 15.4. The van der Waals surface area contributed by atoms with Crippen molar-refractivity contribution in [3.8, 4) is 5.75 Å². The summed E-state index contributed by atoms with van der Waals surface area (Å²) in [6.45, 7) is 0.106. The van der Waals surface area contributed by atoms with Crippen molar-refractivity contribution in [2.75, 3.05) is 9.44 Å². The molecule has 0 aliphatic heterocycles. The number of carbonyl (C=O) groups excluding carboxylic acids is 1. The number of ether oxygens (including phenoxy) is 1. The molecule has 0 spiro atoms. The summed E-state index contributed by atoms with van der Waals surface area (Å²) in [7, 11) is -8.49. The maximum Gasteiger partial charge on any atom is 0.298 e. The summed E-state index contributed by atoms with van der Waals surface area (Å²) in [4.78, 5) is 10.3. The van der Waals surface area contributed by atoms with Crippen molar-refractivity contribution in [3.63, 3.8) is 0 Å². The number of nitrogens with one attached hydrogen (secondary N) is 2. The molecule has 0 fully saturated rings. The molecule has 0 saturated heterocycles. The van der Waals surface area contributed by atoms with Crippen LogP contribution < -0.4 is 14.2 Å². The Kier molecular flexibility index (Phi) is 6.45. The molecule has 0 saturated carbocycles. The Bertz CT molecular complexity index is 1580. The highest BCUT2D eigenvalue weighted by Crippen LogP contribution is 2.33. The molecule has 1 aromatic heterocycles. The highest BCUT2D eigenvalue weighted by atomic mass is 35.5. The fourth-order valence-electron chi connectivity index (χ4n) is 2.97. The molecule has 0 amide bonds. The first-order valence-electron chi connectivity index (χ1n) is 9.33. The third-order valence-corrected chi connectivity index (χ3v) is 7.66. The Hall–Kier alpha value is -3.25. The zero-order valence-corrected chi connectivity index (χ0v) is 20.0. The van der Waals surface area contributed by atoms with E-state index in [0.717, 1.165) is 6.07 Å². The van der Waals surface area contributed by atoms with Crippen LogP contribution in [0.5, 0.6) is 5.75 Å². The third kappa shape index (κ3) is 4.97. The van der Waals surface area contributed by atoms with E-state index in [1.807, 2.05) is 0 Å². The van der Waals surface area contributed by atoms with Gasteiger partial charge in [0.1, 0.15) is 5.58 Å². The Morgan fingerprint density at radius 2 is 1.56 bits per heavy atom. The van der Waals surface area contributed by atoms with E-state index in [9.17, 15) is 21.6 Å². The number of furan rings is 1. The van der Waals surface area contributed by atoms with Crippen molar-refractivity contribution in [1.29, 1.82) is 0 Å². The zero-order chi connectivity index (χ0) is 24.5. The average Bonchev–Trinajstić information content (AvgIpc) is 3.22. The van der Waals surface area contributed by atoms with E-state index in [1.165, 1.54) is 36.4 Å². The Balaban J connectivity index is 1.68. The van der Waals surface area contributed by atoms with Gasteiger partial charge in [0.2, 0.25) is 5.09 Å². The topological polar surface area (TPSA) is 132 Å². The SMILES string of the molecule is O=COc1cc(S(=O)(=O)Nc2ccc(Cl)cc2NS(=O)(=O)c2cc3ccccc3o2)ccc1Cl. The number of fused-ring (bicyclic) bond motifs is 1. The van der Waals surface area contributed by atoms with Crippen LogP contribution in [-0.2, 0) is 24.8 Å². The maximum absolute atomic E-state index is 12.9. The van der Waals surface area contributed by atoms with Crippen molar-refractivity contribution in [3.05, 3.63) is 76.8 Å². The summed E-state index contributed by atoms with van der Waals surface area (Å²) < 4.78 is 66.4. The largest absolute Gasteiger partial charge is 0.443 e. The van der Waals surface area contributed by atoms with Gasteiger partial charge in [0.25, 0.3) is 26.5 Å². The number of hydrogen-bond donors (Lipinski definition) is 2. The van der Waals surface area contributed by atoms with Crippen LogP contribution in [0.1, 0.15) is 0 Å². The molecule has 0 aliphatic rings. The molecule has 4 rings (SSSR count). The first-order chi connectivity index (χ1) is 16.1. The number of sulfonamides is 2. The van der Waals surface area contributed by atoms with Crippen LogP contribution in [0.3, 0.4) is 0 Å². The van der Waals surface area contributed by atoms with Crippen LogP contribution >= 0.6 is 23.2 Å². The van der Waals surface area contributed by atoms with Crippen molar-refractivity contribution in [2.24, 2.45) is 0 Å². The van der Waals surface area contributed by atoms with Gasteiger partial charge in [0.05, 0.1) is 21.3 Å². The van der Waals surface area contributed by atoms with Crippen LogP contribution in [0.2, 0.25) is 10.0 Å². The van der Waals surface area contributed by atoms with Crippen LogP contribution in [0.25, 0.3) is 11.0 Å². The second-order valence-corrected chi connectivity index (χ2v) is 10.9. The molecule has 0 aliphatic carbocycles. The van der Waals surface area contributed by atoms with Crippen LogP contribution in [0.15, 0.2) is 81.1 Å². The standard InChI is InChI=1S/C21H14Cl2N2O7S2/c22-14-5-8-17(24-33(27,28)15-6-7-16(23)20(11-15)31-12-26)18(10-14)25-34(29,30)21-9-13-3-1-2-4-19(13)32-21/h1-12,24-25H. The number of rotatable bonds is 8. The summed E-state index contributed by atoms with van der Waals surface area (Å²) in [5, 5.41) is 0.386. The number of para-hydroxylation sites is 1. The number of carbonyl (C=O) groups is 1. The normalized spacial score (nSPS) is 11.8. The quantitative estimate of drug-likeness (QED) is 0.304. The van der Waals surface area contributed by atoms with Gasteiger partial charge in [-0.25, -0.2) is 8.42 Å². The number of hydrogen-bond acceptors (Lipinski definition) is 7. The lowest BCUT2D eigenvalue weighted by Crippen LogP contribution is -2.17. The van der Waals surface area contributed by atoms with Gasteiger partial charge in [-0.05, 0) is 36.4 Å². The van der Waals surface area contributed by atoms with Gasteiger partial charge in [0.15, 0.2) is 5.75 Å². The highest BCUT2D eigenvalue weighted by molar-refractivity contribution is 7.93. The molecule has 0 atom stereocenters. The number of benzene rings is 3. The Morgan fingerprint density at radius 1 is 0.824 bits per heavy atom. The maximum atomic E-state index is 12.9. The first kappa shape index (κ1) is 23.9. The molecule has 176 valence electrons. The molecule has 0 bridgehead atoms. The van der Waals surface area contributed by atoms with Gasteiger partial charge in [-0.1, -0.05) is 41.4 Å². The number of halogens is 2. The first-order valence-corrected chi connectivity index (χ1v) is 13.0. The van der Waals surface area contributed by atoms with Gasteiger partial charge in [0, 0.05) is 22.5 Å². The van der Waals surface area contributed by atoms with Gasteiger partial charge >= 0.3 is 0 Å². The van der Waals surface area contributed by atoms with Gasteiger partial charge < -0.3 is 9.15 Å². The molecule has 13 heteroatoms. The molecule has 3 aromatic carbocycles. The van der Waals surface area contributed by atoms with E-state index < -0.39 is 20.0 Å². The third-order valence-electron chi connectivity index (χ3n) is 4.53. The minimum absolute atomic E-state index is 0.0248. The number of anilines is 2. The lowest BCUT2D eigenvalue weighted by Gasteiger charge is -2.15. The molecular weight excluding hydrogens is 527 g/mol. The molecule has 0 radical (unpaired) electrons. The molecule has 2 N–H and O–H groups in total. The predicted octanol–water partition coefficient (Wildman–Crippen LogP) is 4.88. The minimum Gasteiger partial charge on any atom is -0.443 e. The molecular formula is C21H14Cl2N2O7S2. The molecule has 4 aromatic rings. The second kappa shape index (κ2) is 9.18. The van der Waals surface area contributed by atoms with Gasteiger partial charge in [-0.15, -0.1) is 0 Å². The van der Waals surface area contributed by atoms with Crippen molar-refractivity contribution >= 4 is 72.1 Å². The second-order valence-electron chi connectivity index (χ2n) is 6.81. The molecule has 1 heterocycles. The lowest BCUT2D eigenvalue weighted by molar-refractivity contribution is -0.120. The zero-order valence-electron chi connectivity index (χ0n) is 16.9. The van der Waals surface area contributed by atoms with Crippen molar-refractivity contribution in [1.82, 2.24) is 0 Å². The summed E-state index contributed by atoms with van der Waals surface area (Å²) in [5.41, 5.74) is 0.109. The monoisotopic (exact) mass is 540 g/mol. The van der Waals surface area contributed by atoms with E-state index in [1.54, 1.807) is 24.3 Å². The highest BCUT2D eigenvalue weighted by Gasteiger charge is 2.24. The van der Waals surface area contributed by atoms with E-state index in [-0.39, 0.29) is 43.6 Å². The summed E-state index contributed by atoms with van der Waals surface area (Å²) in [6.07, 6.45) is 0. The fraction of sp³-hybridized carbons (Fsp3) is 0. The lowest BCUT2D eigenvalue weighted by atomic mass is 10.3. The fourth-order valence-corrected chi connectivity index (χ4v) is 5.44. The Morgan fingerprint density at radius 3 is 2.29 bits per heavy atom. The summed E-state index contributed by atoms with van der Waals surface area (Å²) >= 11 is 11.9. The summed E-state index contributed by atoms with van der Waals surface area (Å²) in [5.74, 6) is -0.165. The average molecular weight is 541 g/mol. The smallest absolute Gasteiger partial charge is 0.298 e. The van der Waals surface area contributed by atoms with Crippen molar-refractivity contribution < 1.29 is 30.8 Å².